The Labute approximate surface area is 83.4 Å². The largest absolute Gasteiger partial charge is 0.373 e. The molecule has 1 aromatic rings. The molecule has 0 amide bonds. The molecule has 0 bridgehead atoms. The second-order valence-electron chi connectivity index (χ2n) is 3.59. The highest BCUT2D eigenvalue weighted by molar-refractivity contribution is 5.85. The average molecular weight is 193 g/mol. The normalized spacial score (nSPS) is 16.3. The van der Waals surface area contributed by atoms with E-state index in [4.69, 9.17) is 4.52 Å². The van der Waals surface area contributed by atoms with Gasteiger partial charge in [0.15, 0.2) is 0 Å². The first-order chi connectivity index (χ1) is 6.77. The number of nitrogens with zero attached hydrogens (tertiary/aromatic N) is 2. The van der Waals surface area contributed by atoms with E-state index >= 15 is 0 Å². The summed E-state index contributed by atoms with van der Waals surface area (Å²) in [6, 6.07) is 0. The first kappa shape index (κ1) is 9.24. The number of aliphatic imine (C=N–C) groups is 1. The van der Waals surface area contributed by atoms with Gasteiger partial charge in [0.2, 0.25) is 0 Å². The quantitative estimate of drug-likeness (QED) is 0.768. The molecule has 0 saturated carbocycles. The van der Waals surface area contributed by atoms with E-state index in [0.29, 0.717) is 0 Å². The Hall–Kier alpha value is -1.32. The molecule has 0 fully saturated rings. The summed E-state index contributed by atoms with van der Waals surface area (Å²) >= 11 is 0. The van der Waals surface area contributed by atoms with Crippen molar-refractivity contribution in [2.75, 3.05) is 13.1 Å². The van der Waals surface area contributed by atoms with Crippen molar-refractivity contribution < 1.29 is 4.52 Å². The predicted molar refractivity (Wildman–Crippen MR) is 54.6 cm³/mol. The Morgan fingerprint density at radius 1 is 1.43 bits per heavy atom. The maximum atomic E-state index is 5.10. The summed E-state index contributed by atoms with van der Waals surface area (Å²) in [7, 11) is 0. The lowest BCUT2D eigenvalue weighted by Gasteiger charge is -2.13. The Morgan fingerprint density at radius 3 is 2.86 bits per heavy atom. The van der Waals surface area contributed by atoms with Gasteiger partial charge in [0.05, 0.1) is 5.69 Å². The predicted octanol–water partition coefficient (Wildman–Crippen LogP) is 1.23. The fourth-order valence-electron chi connectivity index (χ4n) is 1.62. The van der Waals surface area contributed by atoms with Crippen molar-refractivity contribution in [1.82, 2.24) is 10.5 Å². The Bertz CT molecular complexity index is 335. The second kappa shape index (κ2) is 3.82. The number of hydrogen-bond acceptors (Lipinski definition) is 4. The van der Waals surface area contributed by atoms with Crippen molar-refractivity contribution in [3.63, 3.8) is 0 Å². The zero-order valence-corrected chi connectivity index (χ0v) is 8.63. The van der Waals surface area contributed by atoms with Crippen LogP contribution in [0.2, 0.25) is 0 Å². The molecule has 1 aliphatic rings. The number of nitrogens with one attached hydrogen (secondary N) is 1. The third-order valence-corrected chi connectivity index (χ3v) is 2.49. The average Bonchev–Trinajstić information content (AvgIpc) is 2.51. The topological polar surface area (TPSA) is 50.4 Å². The third-order valence-electron chi connectivity index (χ3n) is 2.49. The highest BCUT2D eigenvalue weighted by Gasteiger charge is 2.12. The van der Waals surface area contributed by atoms with Gasteiger partial charge < -0.3 is 9.84 Å². The molecule has 2 heterocycles. The Morgan fingerprint density at radius 2 is 2.29 bits per heavy atom. The minimum atomic E-state index is 0.821. The number of aryl methyl sites for hydroxylation is 2. The highest BCUT2D eigenvalue weighted by Crippen LogP contribution is 2.13. The minimum absolute atomic E-state index is 0.821. The number of hydrogen-bond donors (Lipinski definition) is 1. The van der Waals surface area contributed by atoms with Crippen molar-refractivity contribution in [2.45, 2.75) is 26.7 Å². The van der Waals surface area contributed by atoms with Crippen molar-refractivity contribution in [2.24, 2.45) is 4.99 Å². The van der Waals surface area contributed by atoms with Crippen LogP contribution < -0.4 is 5.32 Å². The summed E-state index contributed by atoms with van der Waals surface area (Å²) < 4.78 is 5.10. The van der Waals surface area contributed by atoms with Gasteiger partial charge in [-0.15, -0.1) is 0 Å². The fourth-order valence-corrected chi connectivity index (χ4v) is 1.62. The Kier molecular flexibility index (Phi) is 2.52. The number of amidine groups is 1. The van der Waals surface area contributed by atoms with Crippen molar-refractivity contribution >= 4 is 5.84 Å². The van der Waals surface area contributed by atoms with E-state index in [0.717, 1.165) is 48.8 Å². The molecule has 4 heteroatoms. The molecule has 0 spiro atoms. The summed E-state index contributed by atoms with van der Waals surface area (Å²) in [5.74, 6) is 1.96. The monoisotopic (exact) mass is 193 g/mol. The summed E-state index contributed by atoms with van der Waals surface area (Å²) in [4.78, 5) is 4.42. The van der Waals surface area contributed by atoms with Crippen molar-refractivity contribution in [3.05, 3.63) is 17.0 Å². The first-order valence-corrected chi connectivity index (χ1v) is 4.96. The van der Waals surface area contributed by atoms with Gasteiger partial charge in [0.1, 0.15) is 11.6 Å². The van der Waals surface area contributed by atoms with Gasteiger partial charge in [0.25, 0.3) is 0 Å². The summed E-state index contributed by atoms with van der Waals surface area (Å²) in [6.07, 6.45) is 1.95. The van der Waals surface area contributed by atoms with E-state index in [9.17, 15) is 0 Å². The SMILES string of the molecule is Cc1noc(C)c1CC1=NCCCN1. The molecular formula is C10H15N3O. The van der Waals surface area contributed by atoms with Crippen LogP contribution in [0.1, 0.15) is 23.4 Å². The van der Waals surface area contributed by atoms with Crippen LogP contribution in [0.4, 0.5) is 0 Å². The zero-order valence-electron chi connectivity index (χ0n) is 8.63. The fraction of sp³-hybridized carbons (Fsp3) is 0.600. The zero-order chi connectivity index (χ0) is 9.97. The molecule has 0 atom stereocenters. The van der Waals surface area contributed by atoms with Gasteiger partial charge in [-0.2, -0.15) is 0 Å². The van der Waals surface area contributed by atoms with Gasteiger partial charge in [-0.3, -0.25) is 4.99 Å². The smallest absolute Gasteiger partial charge is 0.137 e. The molecule has 0 saturated heterocycles. The van der Waals surface area contributed by atoms with E-state index in [1.54, 1.807) is 0 Å². The summed E-state index contributed by atoms with van der Waals surface area (Å²) in [5, 5.41) is 7.22. The molecule has 0 aliphatic carbocycles. The van der Waals surface area contributed by atoms with E-state index in [1.807, 2.05) is 13.8 Å². The lowest BCUT2D eigenvalue weighted by Crippen LogP contribution is -2.31. The molecule has 76 valence electrons. The lowest BCUT2D eigenvalue weighted by molar-refractivity contribution is 0.392. The molecular weight excluding hydrogens is 178 g/mol. The van der Waals surface area contributed by atoms with Gasteiger partial charge >= 0.3 is 0 Å². The molecule has 1 N–H and O–H groups in total. The molecule has 14 heavy (non-hydrogen) atoms. The summed E-state index contributed by atoms with van der Waals surface area (Å²) in [5.41, 5.74) is 2.13. The molecule has 0 aromatic carbocycles. The Balaban J connectivity index is 2.13. The lowest BCUT2D eigenvalue weighted by atomic mass is 10.1. The minimum Gasteiger partial charge on any atom is -0.373 e. The van der Waals surface area contributed by atoms with Crippen molar-refractivity contribution in [3.8, 4) is 0 Å². The van der Waals surface area contributed by atoms with E-state index in [-0.39, 0.29) is 0 Å². The van der Waals surface area contributed by atoms with Crippen LogP contribution in [0.3, 0.4) is 0 Å². The van der Waals surface area contributed by atoms with Gasteiger partial charge in [-0.25, -0.2) is 0 Å². The molecule has 4 nitrogen and oxygen atoms in total. The van der Waals surface area contributed by atoms with Gasteiger partial charge in [0, 0.05) is 25.1 Å². The molecule has 0 unspecified atom stereocenters. The van der Waals surface area contributed by atoms with Crippen LogP contribution in [0, 0.1) is 13.8 Å². The number of aromatic nitrogens is 1. The van der Waals surface area contributed by atoms with Crippen LogP contribution in [0.25, 0.3) is 0 Å². The standard InChI is InChI=1S/C10H15N3O/c1-7-9(8(2)14-13-7)6-10-11-4-3-5-12-10/h3-6H2,1-2H3,(H,11,12). The maximum Gasteiger partial charge on any atom is 0.137 e. The van der Waals surface area contributed by atoms with Crippen LogP contribution in [0.5, 0.6) is 0 Å². The molecule has 1 aromatic heterocycles. The maximum absolute atomic E-state index is 5.10. The van der Waals surface area contributed by atoms with Gasteiger partial charge in [-0.1, -0.05) is 5.16 Å². The first-order valence-electron chi connectivity index (χ1n) is 4.96. The van der Waals surface area contributed by atoms with E-state index < -0.39 is 0 Å². The molecule has 2 rings (SSSR count). The highest BCUT2D eigenvalue weighted by atomic mass is 16.5. The van der Waals surface area contributed by atoms with Crippen molar-refractivity contribution in [1.29, 1.82) is 0 Å². The van der Waals surface area contributed by atoms with Crippen LogP contribution in [-0.2, 0) is 6.42 Å². The van der Waals surface area contributed by atoms with E-state index in [2.05, 4.69) is 15.5 Å². The van der Waals surface area contributed by atoms with Crippen LogP contribution in [-0.4, -0.2) is 24.1 Å². The van der Waals surface area contributed by atoms with Crippen LogP contribution in [0.15, 0.2) is 9.52 Å². The molecule has 0 radical (unpaired) electrons. The molecule has 1 aliphatic heterocycles. The third kappa shape index (κ3) is 1.78. The van der Waals surface area contributed by atoms with E-state index in [1.165, 1.54) is 0 Å². The van der Waals surface area contributed by atoms with Gasteiger partial charge in [-0.05, 0) is 20.3 Å². The second-order valence-corrected chi connectivity index (χ2v) is 3.59. The van der Waals surface area contributed by atoms with Crippen LogP contribution >= 0.6 is 0 Å². The summed E-state index contributed by atoms with van der Waals surface area (Å²) in [6.45, 7) is 5.88. The number of rotatable bonds is 2.